The van der Waals surface area contributed by atoms with Crippen molar-refractivity contribution in [1.82, 2.24) is 10.6 Å². The summed E-state index contributed by atoms with van der Waals surface area (Å²) in [6, 6.07) is 12.0. The molecule has 2 saturated heterocycles. The first-order valence-electron chi connectivity index (χ1n) is 8.32. The number of benzene rings is 2. The summed E-state index contributed by atoms with van der Waals surface area (Å²) in [5.74, 6) is -0.211. The van der Waals surface area contributed by atoms with E-state index >= 15 is 0 Å². The average molecular weight is 324 g/mol. The van der Waals surface area contributed by atoms with E-state index in [0.717, 1.165) is 42.6 Å². The highest BCUT2D eigenvalue weighted by atomic mass is 16.2. The summed E-state index contributed by atoms with van der Waals surface area (Å²) in [5.41, 5.74) is 2.06. The Kier molecular flexibility index (Phi) is 3.82. The number of hydrogen-bond acceptors (Lipinski definition) is 4. The monoisotopic (exact) mass is 324 g/mol. The third-order valence-corrected chi connectivity index (χ3v) is 4.67. The Labute approximate surface area is 140 Å². The van der Waals surface area contributed by atoms with E-state index in [1.807, 2.05) is 12.1 Å². The summed E-state index contributed by atoms with van der Waals surface area (Å²) in [5, 5.41) is 7.88. The van der Waals surface area contributed by atoms with Gasteiger partial charge in [-0.15, -0.1) is 0 Å². The minimum atomic E-state index is -0.343. The van der Waals surface area contributed by atoms with Crippen LogP contribution in [0.15, 0.2) is 36.4 Å². The molecule has 2 aromatic rings. The van der Waals surface area contributed by atoms with Crippen LogP contribution in [0.1, 0.15) is 6.42 Å². The van der Waals surface area contributed by atoms with Crippen LogP contribution in [-0.4, -0.2) is 44.7 Å². The SMILES string of the molecule is O=C1CCN(c2cccc3cc(N4CCNCC4)ccc23)C(=O)N1. The Morgan fingerprint density at radius 3 is 2.58 bits per heavy atom. The summed E-state index contributed by atoms with van der Waals surface area (Å²) in [4.78, 5) is 27.5. The molecule has 0 saturated carbocycles. The fourth-order valence-corrected chi connectivity index (χ4v) is 3.40. The molecule has 0 radical (unpaired) electrons. The van der Waals surface area contributed by atoms with Crippen molar-refractivity contribution in [2.24, 2.45) is 0 Å². The molecule has 124 valence electrons. The Morgan fingerprint density at radius 2 is 1.79 bits per heavy atom. The lowest BCUT2D eigenvalue weighted by Gasteiger charge is -2.30. The molecule has 2 aliphatic rings. The van der Waals surface area contributed by atoms with Crippen LogP contribution in [0.25, 0.3) is 10.8 Å². The van der Waals surface area contributed by atoms with Gasteiger partial charge in [-0.25, -0.2) is 4.79 Å². The van der Waals surface area contributed by atoms with Gasteiger partial charge in [-0.2, -0.15) is 0 Å². The third kappa shape index (κ3) is 2.69. The zero-order chi connectivity index (χ0) is 16.5. The quantitative estimate of drug-likeness (QED) is 0.882. The molecule has 0 atom stereocenters. The summed E-state index contributed by atoms with van der Waals surface area (Å²) in [6.45, 7) is 4.42. The van der Waals surface area contributed by atoms with Gasteiger partial charge in [0.2, 0.25) is 5.91 Å². The first kappa shape index (κ1) is 15.0. The molecule has 3 amide bonds. The predicted molar refractivity (Wildman–Crippen MR) is 94.5 cm³/mol. The van der Waals surface area contributed by atoms with E-state index in [-0.39, 0.29) is 11.9 Å². The van der Waals surface area contributed by atoms with Crippen molar-refractivity contribution in [1.29, 1.82) is 0 Å². The Hall–Kier alpha value is -2.60. The number of rotatable bonds is 2. The molecule has 0 unspecified atom stereocenters. The van der Waals surface area contributed by atoms with Gasteiger partial charge >= 0.3 is 6.03 Å². The molecule has 6 heteroatoms. The smallest absolute Gasteiger partial charge is 0.328 e. The van der Waals surface area contributed by atoms with E-state index in [1.54, 1.807) is 4.90 Å². The Bertz CT molecular complexity index is 799. The van der Waals surface area contributed by atoms with Crippen molar-refractivity contribution in [3.63, 3.8) is 0 Å². The number of carbonyl (C=O) groups is 2. The van der Waals surface area contributed by atoms with E-state index in [9.17, 15) is 9.59 Å². The van der Waals surface area contributed by atoms with E-state index in [2.05, 4.69) is 39.8 Å². The van der Waals surface area contributed by atoms with Crippen molar-refractivity contribution < 1.29 is 9.59 Å². The highest BCUT2D eigenvalue weighted by Crippen LogP contribution is 2.31. The second-order valence-corrected chi connectivity index (χ2v) is 6.17. The van der Waals surface area contributed by atoms with Gasteiger partial charge in [0.15, 0.2) is 0 Å². The fourth-order valence-electron chi connectivity index (χ4n) is 3.40. The summed E-state index contributed by atoms with van der Waals surface area (Å²) in [7, 11) is 0. The minimum Gasteiger partial charge on any atom is -0.369 e. The number of imide groups is 1. The summed E-state index contributed by atoms with van der Waals surface area (Å²) >= 11 is 0. The molecule has 6 nitrogen and oxygen atoms in total. The molecule has 2 N–H and O–H groups in total. The van der Waals surface area contributed by atoms with Gasteiger partial charge in [0.25, 0.3) is 0 Å². The predicted octanol–water partition coefficient (Wildman–Crippen LogP) is 1.70. The third-order valence-electron chi connectivity index (χ3n) is 4.67. The lowest BCUT2D eigenvalue weighted by molar-refractivity contribution is -0.120. The zero-order valence-electron chi connectivity index (χ0n) is 13.4. The molecule has 0 aliphatic carbocycles. The number of urea groups is 1. The normalized spacial score (nSPS) is 18.8. The van der Waals surface area contributed by atoms with Crippen molar-refractivity contribution in [2.75, 3.05) is 42.5 Å². The van der Waals surface area contributed by atoms with Gasteiger partial charge in [0.1, 0.15) is 0 Å². The number of fused-ring (bicyclic) bond motifs is 1. The highest BCUT2D eigenvalue weighted by Gasteiger charge is 2.25. The Balaban J connectivity index is 1.70. The maximum absolute atomic E-state index is 12.1. The molecule has 2 fully saturated rings. The first-order chi connectivity index (χ1) is 11.7. The van der Waals surface area contributed by atoms with Gasteiger partial charge in [0, 0.05) is 50.2 Å². The number of nitrogens with zero attached hydrogens (tertiary/aromatic N) is 2. The van der Waals surface area contributed by atoms with Crippen LogP contribution in [0, 0.1) is 0 Å². The number of nitrogens with one attached hydrogen (secondary N) is 2. The summed E-state index contributed by atoms with van der Waals surface area (Å²) in [6.07, 6.45) is 0.334. The van der Waals surface area contributed by atoms with Crippen molar-refractivity contribution in [3.05, 3.63) is 36.4 Å². The lowest BCUT2D eigenvalue weighted by Crippen LogP contribution is -2.49. The van der Waals surface area contributed by atoms with Gasteiger partial charge in [-0.1, -0.05) is 18.2 Å². The number of hydrogen-bond donors (Lipinski definition) is 2. The van der Waals surface area contributed by atoms with Crippen LogP contribution in [0.2, 0.25) is 0 Å². The number of anilines is 2. The molecule has 4 rings (SSSR count). The van der Waals surface area contributed by atoms with Gasteiger partial charge in [-0.3, -0.25) is 15.0 Å². The first-order valence-corrected chi connectivity index (χ1v) is 8.32. The molecule has 0 spiro atoms. The van der Waals surface area contributed by atoms with E-state index < -0.39 is 0 Å². The average Bonchev–Trinajstić information content (AvgIpc) is 2.62. The Morgan fingerprint density at radius 1 is 0.958 bits per heavy atom. The van der Waals surface area contributed by atoms with Crippen molar-refractivity contribution in [2.45, 2.75) is 6.42 Å². The molecule has 2 aromatic carbocycles. The standard InChI is InChI=1S/C18H20N4O2/c23-17-6-9-22(18(24)20-17)16-3-1-2-13-12-14(4-5-15(13)16)21-10-7-19-8-11-21/h1-5,12,19H,6-11H2,(H,20,23,24). The van der Waals surface area contributed by atoms with Crippen molar-refractivity contribution in [3.8, 4) is 0 Å². The molecule has 24 heavy (non-hydrogen) atoms. The molecule has 0 aromatic heterocycles. The van der Waals surface area contributed by atoms with Crippen molar-refractivity contribution >= 4 is 34.1 Å². The zero-order valence-corrected chi connectivity index (χ0v) is 13.4. The maximum Gasteiger partial charge on any atom is 0.328 e. The number of carbonyl (C=O) groups excluding carboxylic acids is 2. The minimum absolute atomic E-state index is 0.211. The van der Waals surface area contributed by atoms with Crippen LogP contribution in [0.4, 0.5) is 16.2 Å². The topological polar surface area (TPSA) is 64.7 Å². The molecule has 2 heterocycles. The van der Waals surface area contributed by atoms with Gasteiger partial charge in [-0.05, 0) is 23.6 Å². The number of amides is 3. The number of piperazine rings is 1. The van der Waals surface area contributed by atoms with Gasteiger partial charge in [0.05, 0.1) is 5.69 Å². The van der Waals surface area contributed by atoms with E-state index in [4.69, 9.17) is 0 Å². The van der Waals surface area contributed by atoms with E-state index in [0.29, 0.717) is 13.0 Å². The molecule has 2 aliphatic heterocycles. The molecule has 0 bridgehead atoms. The van der Waals surface area contributed by atoms with Crippen LogP contribution < -0.4 is 20.4 Å². The van der Waals surface area contributed by atoms with Crippen LogP contribution in [0.3, 0.4) is 0 Å². The van der Waals surface area contributed by atoms with Crippen LogP contribution in [0.5, 0.6) is 0 Å². The molecular formula is C18H20N4O2. The fraction of sp³-hybridized carbons (Fsp3) is 0.333. The molecular weight excluding hydrogens is 304 g/mol. The second-order valence-electron chi connectivity index (χ2n) is 6.17. The van der Waals surface area contributed by atoms with E-state index in [1.165, 1.54) is 5.69 Å². The largest absolute Gasteiger partial charge is 0.369 e. The lowest BCUT2D eigenvalue weighted by atomic mass is 10.1. The van der Waals surface area contributed by atoms with Gasteiger partial charge < -0.3 is 10.2 Å². The maximum atomic E-state index is 12.1. The van der Waals surface area contributed by atoms with Crippen LogP contribution >= 0.6 is 0 Å². The summed E-state index contributed by atoms with van der Waals surface area (Å²) < 4.78 is 0. The second kappa shape index (κ2) is 6.13. The highest BCUT2D eigenvalue weighted by molar-refractivity contribution is 6.10. The van der Waals surface area contributed by atoms with Crippen LogP contribution in [-0.2, 0) is 4.79 Å².